The Morgan fingerprint density at radius 1 is 0.947 bits per heavy atom. The molecule has 3 rings (SSSR count). The summed E-state index contributed by atoms with van der Waals surface area (Å²) in [6, 6.07) is 12.5. The molecule has 0 amide bonds. The van der Waals surface area contributed by atoms with E-state index in [1.165, 1.54) is 0 Å². The second-order valence-corrected chi connectivity index (χ2v) is 4.92. The van der Waals surface area contributed by atoms with Gasteiger partial charge in [0.25, 0.3) is 0 Å². The molecule has 98 valence electrons. The smallest absolute Gasteiger partial charge is 0.136 e. The van der Waals surface area contributed by atoms with Crippen LogP contribution in [0, 0.1) is 13.8 Å². The molecular weight excluding hydrogens is 236 g/mol. The summed E-state index contributed by atoms with van der Waals surface area (Å²) in [7, 11) is 0. The van der Waals surface area contributed by atoms with Crippen LogP contribution in [0.25, 0.3) is 0 Å². The summed E-state index contributed by atoms with van der Waals surface area (Å²) in [4.78, 5) is 0. The van der Waals surface area contributed by atoms with Crippen LogP contribution in [0.2, 0.25) is 0 Å². The van der Waals surface area contributed by atoms with Gasteiger partial charge in [-0.05, 0) is 31.9 Å². The first-order valence-corrected chi connectivity index (χ1v) is 6.71. The summed E-state index contributed by atoms with van der Waals surface area (Å²) in [5.74, 6) is 1.89. The fourth-order valence-electron chi connectivity index (χ4n) is 2.66. The highest BCUT2D eigenvalue weighted by Crippen LogP contribution is 2.47. The van der Waals surface area contributed by atoms with Crippen molar-refractivity contribution in [3.8, 4) is 11.5 Å². The SMILES string of the molecule is CCOC1c2cccc(C)c2Oc2c(C)cccc21. The van der Waals surface area contributed by atoms with Gasteiger partial charge in [-0.3, -0.25) is 0 Å². The third kappa shape index (κ3) is 1.92. The maximum atomic E-state index is 6.14. The Kier molecular flexibility index (Phi) is 3.03. The average molecular weight is 254 g/mol. The van der Waals surface area contributed by atoms with Crippen molar-refractivity contribution in [1.82, 2.24) is 0 Å². The largest absolute Gasteiger partial charge is 0.456 e. The molecule has 0 saturated heterocycles. The third-order valence-corrected chi connectivity index (χ3v) is 3.59. The summed E-state index contributed by atoms with van der Waals surface area (Å²) in [5.41, 5.74) is 4.55. The molecular formula is C17H18O2. The zero-order valence-electron chi connectivity index (χ0n) is 11.6. The van der Waals surface area contributed by atoms with Gasteiger partial charge in [0.05, 0.1) is 0 Å². The lowest BCUT2D eigenvalue weighted by atomic mass is 9.93. The normalized spacial score (nSPS) is 13.6. The van der Waals surface area contributed by atoms with Gasteiger partial charge in [0.15, 0.2) is 0 Å². The van der Waals surface area contributed by atoms with Crippen LogP contribution in [0.1, 0.15) is 35.3 Å². The molecule has 2 heteroatoms. The Bertz CT molecular complexity index is 565. The Balaban J connectivity index is 2.21. The summed E-state index contributed by atoms with van der Waals surface area (Å²) in [6.45, 7) is 6.86. The van der Waals surface area contributed by atoms with Gasteiger partial charge in [-0.2, -0.15) is 0 Å². The number of ether oxygens (including phenoxy) is 2. The van der Waals surface area contributed by atoms with Gasteiger partial charge in [0, 0.05) is 17.7 Å². The van der Waals surface area contributed by atoms with Crippen LogP contribution in [-0.4, -0.2) is 6.61 Å². The molecule has 0 aliphatic carbocycles. The molecule has 0 spiro atoms. The van der Waals surface area contributed by atoms with E-state index in [9.17, 15) is 0 Å². The zero-order chi connectivity index (χ0) is 13.4. The molecule has 0 bridgehead atoms. The van der Waals surface area contributed by atoms with Gasteiger partial charge in [0.2, 0.25) is 0 Å². The third-order valence-electron chi connectivity index (χ3n) is 3.59. The van der Waals surface area contributed by atoms with E-state index in [1.54, 1.807) is 0 Å². The molecule has 0 saturated carbocycles. The molecule has 1 aliphatic heterocycles. The Morgan fingerprint density at radius 3 is 1.95 bits per heavy atom. The molecule has 0 N–H and O–H groups in total. The fourth-order valence-corrected chi connectivity index (χ4v) is 2.66. The Hall–Kier alpha value is -1.80. The number of hydrogen-bond donors (Lipinski definition) is 0. The minimum absolute atomic E-state index is 0.0245. The molecule has 1 heterocycles. The highest BCUT2D eigenvalue weighted by molar-refractivity contribution is 5.57. The molecule has 0 radical (unpaired) electrons. The van der Waals surface area contributed by atoms with E-state index in [0.717, 1.165) is 33.8 Å². The molecule has 1 aliphatic rings. The van der Waals surface area contributed by atoms with E-state index in [0.29, 0.717) is 6.61 Å². The van der Waals surface area contributed by atoms with E-state index in [2.05, 4.69) is 50.2 Å². The number of para-hydroxylation sites is 2. The van der Waals surface area contributed by atoms with E-state index in [-0.39, 0.29) is 6.10 Å². The fraction of sp³-hybridized carbons (Fsp3) is 0.294. The summed E-state index contributed by atoms with van der Waals surface area (Å²) >= 11 is 0. The second-order valence-electron chi connectivity index (χ2n) is 4.92. The van der Waals surface area contributed by atoms with Gasteiger partial charge < -0.3 is 9.47 Å². The lowest BCUT2D eigenvalue weighted by molar-refractivity contribution is 0.0836. The zero-order valence-corrected chi connectivity index (χ0v) is 11.6. The summed E-state index contributed by atoms with van der Waals surface area (Å²) in [6.07, 6.45) is -0.0245. The average Bonchev–Trinajstić information content (AvgIpc) is 2.41. The van der Waals surface area contributed by atoms with Crippen molar-refractivity contribution < 1.29 is 9.47 Å². The topological polar surface area (TPSA) is 18.5 Å². The predicted octanol–water partition coefficient (Wildman–Crippen LogP) is 4.54. The minimum atomic E-state index is -0.0245. The van der Waals surface area contributed by atoms with Crippen LogP contribution in [0.5, 0.6) is 11.5 Å². The van der Waals surface area contributed by atoms with Crippen molar-refractivity contribution in [3.63, 3.8) is 0 Å². The van der Waals surface area contributed by atoms with Crippen molar-refractivity contribution in [2.75, 3.05) is 6.61 Å². The van der Waals surface area contributed by atoms with E-state index < -0.39 is 0 Å². The van der Waals surface area contributed by atoms with Crippen LogP contribution >= 0.6 is 0 Å². The summed E-state index contributed by atoms with van der Waals surface area (Å²) in [5, 5.41) is 0. The van der Waals surface area contributed by atoms with E-state index >= 15 is 0 Å². The van der Waals surface area contributed by atoms with Crippen LogP contribution in [0.4, 0.5) is 0 Å². The first-order valence-electron chi connectivity index (χ1n) is 6.71. The van der Waals surface area contributed by atoms with Crippen molar-refractivity contribution in [3.05, 3.63) is 58.7 Å². The first-order chi connectivity index (χ1) is 9.22. The molecule has 2 nitrogen and oxygen atoms in total. The lowest BCUT2D eigenvalue weighted by Gasteiger charge is -2.30. The molecule has 2 aromatic rings. The number of aryl methyl sites for hydroxylation is 2. The lowest BCUT2D eigenvalue weighted by Crippen LogP contribution is -2.14. The van der Waals surface area contributed by atoms with Crippen molar-refractivity contribution in [2.24, 2.45) is 0 Å². The molecule has 0 fully saturated rings. The van der Waals surface area contributed by atoms with Crippen LogP contribution in [0.15, 0.2) is 36.4 Å². The van der Waals surface area contributed by atoms with E-state index in [4.69, 9.17) is 9.47 Å². The first kappa shape index (κ1) is 12.2. The summed E-state index contributed by atoms with van der Waals surface area (Å²) < 4.78 is 12.1. The quantitative estimate of drug-likeness (QED) is 0.783. The maximum Gasteiger partial charge on any atom is 0.136 e. The van der Waals surface area contributed by atoms with Gasteiger partial charge in [-0.15, -0.1) is 0 Å². The van der Waals surface area contributed by atoms with Crippen molar-refractivity contribution in [1.29, 1.82) is 0 Å². The predicted molar refractivity (Wildman–Crippen MR) is 75.9 cm³/mol. The van der Waals surface area contributed by atoms with Gasteiger partial charge in [0.1, 0.15) is 17.6 Å². The molecule has 2 aromatic carbocycles. The molecule has 0 aromatic heterocycles. The molecule has 0 atom stereocenters. The Labute approximate surface area is 114 Å². The molecule has 0 unspecified atom stereocenters. The number of fused-ring (bicyclic) bond motifs is 2. The van der Waals surface area contributed by atoms with Crippen LogP contribution in [0.3, 0.4) is 0 Å². The van der Waals surface area contributed by atoms with Crippen molar-refractivity contribution >= 4 is 0 Å². The highest BCUT2D eigenvalue weighted by atomic mass is 16.5. The number of rotatable bonds is 2. The van der Waals surface area contributed by atoms with Gasteiger partial charge in [-0.1, -0.05) is 36.4 Å². The second kappa shape index (κ2) is 4.71. The highest BCUT2D eigenvalue weighted by Gasteiger charge is 2.29. The van der Waals surface area contributed by atoms with E-state index in [1.807, 2.05) is 6.92 Å². The van der Waals surface area contributed by atoms with Crippen LogP contribution in [-0.2, 0) is 4.74 Å². The number of hydrogen-bond acceptors (Lipinski definition) is 2. The monoisotopic (exact) mass is 254 g/mol. The molecule has 19 heavy (non-hydrogen) atoms. The van der Waals surface area contributed by atoms with Crippen molar-refractivity contribution in [2.45, 2.75) is 26.9 Å². The van der Waals surface area contributed by atoms with Gasteiger partial charge >= 0.3 is 0 Å². The maximum absolute atomic E-state index is 6.14. The van der Waals surface area contributed by atoms with Gasteiger partial charge in [-0.25, -0.2) is 0 Å². The number of benzene rings is 2. The standard InChI is InChI=1S/C17H18O2/c1-4-18-17-13-9-5-7-11(2)15(13)19-16-12(3)8-6-10-14(16)17/h5-10,17H,4H2,1-3H3. The Morgan fingerprint density at radius 2 is 1.47 bits per heavy atom. The van der Waals surface area contributed by atoms with Crippen LogP contribution < -0.4 is 4.74 Å². The minimum Gasteiger partial charge on any atom is -0.456 e.